The van der Waals surface area contributed by atoms with Crippen LogP contribution in [0.1, 0.15) is 16.1 Å². The average molecular weight is 1140 g/mol. The van der Waals surface area contributed by atoms with Gasteiger partial charge in [0.1, 0.15) is 37.4 Å². The van der Waals surface area contributed by atoms with Gasteiger partial charge in [-0.25, -0.2) is 14.6 Å². The van der Waals surface area contributed by atoms with Crippen LogP contribution in [-0.4, -0.2) is 119 Å². The first-order valence-electron chi connectivity index (χ1n) is 19.5. The van der Waals surface area contributed by atoms with Crippen LogP contribution in [0, 0.1) is 6.92 Å². The second kappa shape index (κ2) is 19.9. The fraction of sp³-hybridized carbons (Fsp3) is 0.0811. The van der Waals surface area contributed by atoms with Gasteiger partial charge in [-0.05, 0) is 67.6 Å². The molecule has 5 aromatic carbocycles. The number of aromatic nitrogens is 3. The highest BCUT2D eigenvalue weighted by Gasteiger charge is 2.30. The first-order chi connectivity index (χ1) is 34.3. The molecule has 0 unspecified atom stereocenters. The largest absolute Gasteiger partial charge is 0.505 e. The van der Waals surface area contributed by atoms with Crippen LogP contribution >= 0.6 is 11.3 Å². The summed E-state index contributed by atoms with van der Waals surface area (Å²) in [5.41, 5.74) is -5.12. The predicted octanol–water partition coefficient (Wildman–Crippen LogP) is 6.30. The van der Waals surface area contributed by atoms with E-state index in [0.717, 1.165) is 34.5 Å². The summed E-state index contributed by atoms with van der Waals surface area (Å²) in [6.45, 7) is 1.02. The van der Waals surface area contributed by atoms with Gasteiger partial charge in [0, 0.05) is 17.3 Å². The second-order valence-electron chi connectivity index (χ2n) is 14.8. The van der Waals surface area contributed by atoms with E-state index in [1.165, 1.54) is 18.2 Å². The van der Waals surface area contributed by atoms with Crippen molar-refractivity contribution in [1.29, 1.82) is 0 Å². The quantitative estimate of drug-likeness (QED) is 0.0375. The molecule has 37 heteroatoms. The van der Waals surface area contributed by atoms with Gasteiger partial charge in [0.15, 0.2) is 11.4 Å². The number of hydrogen-bond acceptors (Lipinski definition) is 23. The van der Waals surface area contributed by atoms with Gasteiger partial charge in [-0.3, -0.25) is 22.8 Å². The SMILES string of the molecule is Cc1ccc(-n2nc(C(=O)O)c(N=Nc3ccc4c(O)c(N=Nc5cc(NC(=O)NCCS(=O)(=O)O)c(N=Nc6nc7ccc(S(=O)(=O)O)cc7s6)cc5S(=O)(=O)O)c(S(=O)(=O)O)cc4c3S(=O)(=O)O)c2O)cc1. The normalized spacial score (nSPS) is 12.9. The number of benzene rings is 5. The van der Waals surface area contributed by atoms with Crippen molar-refractivity contribution in [3.63, 3.8) is 0 Å². The van der Waals surface area contributed by atoms with Crippen molar-refractivity contribution in [2.45, 2.75) is 26.5 Å². The van der Waals surface area contributed by atoms with Crippen molar-refractivity contribution in [2.75, 3.05) is 17.6 Å². The highest BCUT2D eigenvalue weighted by atomic mass is 32.2. The fourth-order valence-electron chi connectivity index (χ4n) is 6.41. The molecular formula is C37H29N11O20S6. The number of amides is 2. The molecule has 31 nitrogen and oxygen atoms in total. The zero-order valence-electron chi connectivity index (χ0n) is 36.3. The van der Waals surface area contributed by atoms with E-state index in [1.54, 1.807) is 19.1 Å². The van der Waals surface area contributed by atoms with E-state index in [9.17, 15) is 85.2 Å². The number of phenols is 1. The van der Waals surface area contributed by atoms with E-state index in [-0.39, 0.29) is 21.0 Å². The van der Waals surface area contributed by atoms with Gasteiger partial charge in [0.2, 0.25) is 16.7 Å². The minimum absolute atomic E-state index is 0.138. The molecule has 0 saturated heterocycles. The molecule has 10 N–H and O–H groups in total. The van der Waals surface area contributed by atoms with Crippen molar-refractivity contribution in [3.05, 3.63) is 84.1 Å². The molecule has 7 aromatic rings. The van der Waals surface area contributed by atoms with E-state index < -0.39 is 157 Å². The molecule has 2 amide bonds. The smallest absolute Gasteiger partial charge is 0.358 e. The van der Waals surface area contributed by atoms with Crippen molar-refractivity contribution in [1.82, 2.24) is 20.1 Å². The number of anilines is 1. The Hall–Kier alpha value is -7.85. The summed E-state index contributed by atoms with van der Waals surface area (Å²) in [4.78, 5) is 24.5. The van der Waals surface area contributed by atoms with Gasteiger partial charge in [0.05, 0.1) is 32.2 Å². The van der Waals surface area contributed by atoms with E-state index in [0.29, 0.717) is 29.5 Å². The Labute approximate surface area is 418 Å². The molecule has 2 aromatic heterocycles. The topological polar surface area (TPSA) is 496 Å². The Morgan fingerprint density at radius 2 is 1.30 bits per heavy atom. The molecule has 0 aliphatic rings. The molecule has 0 aliphatic carbocycles. The summed E-state index contributed by atoms with van der Waals surface area (Å²) >= 11 is 0.700. The number of rotatable bonds is 16. The fourth-order valence-corrected chi connectivity index (χ4v) is 10.3. The lowest BCUT2D eigenvalue weighted by atomic mass is 10.1. The Morgan fingerprint density at radius 3 is 1.91 bits per heavy atom. The second-order valence-corrected chi connectivity index (χ2v) is 22.9. The van der Waals surface area contributed by atoms with E-state index in [2.05, 4.69) is 46.1 Å². The number of carbonyl (C=O) groups is 2. The van der Waals surface area contributed by atoms with Gasteiger partial charge in [-0.2, -0.15) is 51.9 Å². The van der Waals surface area contributed by atoms with Crippen LogP contribution in [-0.2, 0) is 50.6 Å². The maximum atomic E-state index is 12.9. The summed E-state index contributed by atoms with van der Waals surface area (Å²) in [7, 11) is -26.0. The summed E-state index contributed by atoms with van der Waals surface area (Å²) in [6, 6.07) is 11.1. The number of fused-ring (bicyclic) bond motifs is 2. The zero-order chi connectivity index (χ0) is 54.5. The number of hydrogen-bond donors (Lipinski definition) is 10. The van der Waals surface area contributed by atoms with Crippen molar-refractivity contribution in [2.24, 2.45) is 30.7 Å². The van der Waals surface area contributed by atoms with Crippen LogP contribution in [0.2, 0.25) is 0 Å². The minimum Gasteiger partial charge on any atom is -0.505 e. The number of nitrogens with zero attached hydrogens (tertiary/aromatic N) is 9. The van der Waals surface area contributed by atoms with E-state index in [4.69, 9.17) is 4.55 Å². The highest BCUT2D eigenvalue weighted by molar-refractivity contribution is 7.87. The molecule has 0 spiro atoms. The van der Waals surface area contributed by atoms with E-state index in [1.807, 2.05) is 5.32 Å². The minimum atomic E-state index is -5.69. The standard InChI is InChI=1S/C37H29N11O20S6/c1-16-2-4-17(5-3-16)48-34(50)30(31(47-48)35(51)52)45-41-22-9-7-19-20(33(22)74(66,67)68)13-28(73(63,64)65)29(32(19)49)44-43-25-14-23(39-36(53)38-10-11-70(54,55)56)24(15-27(25)72(60,61)62)42-46-37-40-21-8-6-18(71(57,58)59)12-26(21)69-37/h2-9,12-15,49-50H,10-11H2,1H3,(H,51,52)(H2,38,39,53)(H,54,55,56)(H,57,58,59)(H,60,61,62)(H,63,64,65)(H,66,67,68). The third-order valence-corrected chi connectivity index (χ3v) is 14.8. The average Bonchev–Trinajstić information content (AvgIpc) is 3.85. The molecule has 0 atom stereocenters. The van der Waals surface area contributed by atoms with Crippen molar-refractivity contribution in [3.8, 4) is 17.3 Å². The lowest BCUT2D eigenvalue weighted by Gasteiger charge is -2.13. The first-order valence-corrected chi connectivity index (χ1v) is 27.7. The first kappa shape index (κ1) is 53.9. The van der Waals surface area contributed by atoms with Crippen LogP contribution in [0.15, 0.2) is 123 Å². The highest BCUT2D eigenvalue weighted by Crippen LogP contribution is 2.47. The Bertz CT molecular complexity index is 4200. The number of nitrogens with one attached hydrogen (secondary N) is 2. The van der Waals surface area contributed by atoms with Gasteiger partial charge in [0.25, 0.3) is 50.6 Å². The molecule has 388 valence electrons. The lowest BCUT2D eigenvalue weighted by molar-refractivity contribution is 0.0690. The molecule has 0 fully saturated rings. The Morgan fingerprint density at radius 1 is 0.662 bits per heavy atom. The maximum absolute atomic E-state index is 12.9. The van der Waals surface area contributed by atoms with Gasteiger partial charge in [-0.15, -0.1) is 30.7 Å². The molecule has 2 heterocycles. The number of aromatic hydroxyl groups is 2. The number of carboxylic acid groups (broad SMARTS) is 1. The Kier molecular flexibility index (Phi) is 14.5. The molecule has 0 bridgehead atoms. The lowest BCUT2D eigenvalue weighted by Crippen LogP contribution is -2.32. The van der Waals surface area contributed by atoms with E-state index >= 15 is 0 Å². The monoisotopic (exact) mass is 1140 g/mol. The maximum Gasteiger partial charge on any atom is 0.358 e. The number of carboxylic acids is 1. The summed E-state index contributed by atoms with van der Waals surface area (Å²) in [6.07, 6.45) is 0. The molecular weight excluding hydrogens is 1110 g/mol. The van der Waals surface area contributed by atoms with Gasteiger partial charge >= 0.3 is 12.0 Å². The summed E-state index contributed by atoms with van der Waals surface area (Å²) < 4.78 is 173. The third kappa shape index (κ3) is 12.0. The third-order valence-electron chi connectivity index (χ3n) is 9.67. The van der Waals surface area contributed by atoms with Crippen LogP contribution < -0.4 is 10.6 Å². The zero-order valence-corrected chi connectivity index (χ0v) is 41.2. The van der Waals surface area contributed by atoms with Crippen LogP contribution in [0.5, 0.6) is 11.6 Å². The number of carbonyl (C=O) groups excluding carboxylic acids is 1. The van der Waals surface area contributed by atoms with Gasteiger partial charge in [-0.1, -0.05) is 29.0 Å². The van der Waals surface area contributed by atoms with Crippen molar-refractivity contribution >= 4 is 134 Å². The number of phenolic OH excluding ortho intramolecular Hbond substituents is 1. The molecule has 0 saturated carbocycles. The predicted molar refractivity (Wildman–Crippen MR) is 254 cm³/mol. The molecule has 7 rings (SSSR count). The number of azo groups is 3. The van der Waals surface area contributed by atoms with Crippen molar-refractivity contribution < 1.29 is 89.8 Å². The summed E-state index contributed by atoms with van der Waals surface area (Å²) in [5, 5.41) is 60.5. The van der Waals surface area contributed by atoms with Crippen LogP contribution in [0.3, 0.4) is 0 Å². The van der Waals surface area contributed by atoms with Crippen LogP contribution in [0.4, 0.5) is 44.1 Å². The molecule has 74 heavy (non-hydrogen) atoms. The Balaban J connectivity index is 1.36. The number of aromatic carboxylic acids is 1. The number of urea groups is 1. The number of thiazole rings is 1. The van der Waals surface area contributed by atoms with Crippen LogP contribution in [0.25, 0.3) is 26.7 Å². The van der Waals surface area contributed by atoms with Gasteiger partial charge < -0.3 is 26.0 Å². The summed E-state index contributed by atoms with van der Waals surface area (Å²) in [5.74, 6) is -4.99. The molecule has 0 aliphatic heterocycles. The molecule has 0 radical (unpaired) electrons. The number of aryl methyl sites for hydroxylation is 1.